The van der Waals surface area contributed by atoms with Gasteiger partial charge in [0.25, 0.3) is 11.6 Å². The van der Waals surface area contributed by atoms with Gasteiger partial charge in [0, 0.05) is 36.3 Å². The van der Waals surface area contributed by atoms with Crippen LogP contribution in [0.4, 0.5) is 11.4 Å². The van der Waals surface area contributed by atoms with E-state index in [0.29, 0.717) is 28.3 Å². The number of nitrogens with zero attached hydrogens (tertiary/aromatic N) is 3. The standard InChI is InChI=1S/C21H24N4O5/c1-29-17-11-16(12-18(13-17)30-2)21(26)23-22-14-15-6-7-19(20(10-15)25(27)28)24-8-4-3-5-9-24/h6-7,10-14H,3-5,8-9H2,1-2H3,(H,23,26). The number of piperidine rings is 1. The SMILES string of the molecule is COc1cc(OC)cc(C(=O)NN=Cc2ccc(N3CCCCC3)c([N+](=O)[O-])c2)c1. The monoisotopic (exact) mass is 412 g/mol. The third-order valence-corrected chi connectivity index (χ3v) is 4.89. The molecule has 1 saturated heterocycles. The van der Waals surface area contributed by atoms with Crippen molar-refractivity contribution < 1.29 is 19.2 Å². The van der Waals surface area contributed by atoms with E-state index in [1.54, 1.807) is 30.3 Å². The Balaban J connectivity index is 1.73. The summed E-state index contributed by atoms with van der Waals surface area (Å²) in [5, 5.41) is 15.5. The minimum atomic E-state index is -0.456. The maximum Gasteiger partial charge on any atom is 0.293 e. The summed E-state index contributed by atoms with van der Waals surface area (Å²) in [7, 11) is 2.99. The Morgan fingerprint density at radius 2 is 1.77 bits per heavy atom. The fourth-order valence-corrected chi connectivity index (χ4v) is 3.34. The second-order valence-corrected chi connectivity index (χ2v) is 6.85. The Hall–Kier alpha value is -3.62. The van der Waals surface area contributed by atoms with Crippen molar-refractivity contribution in [1.29, 1.82) is 0 Å². The van der Waals surface area contributed by atoms with Gasteiger partial charge in [-0.05, 0) is 37.5 Å². The molecule has 9 heteroatoms. The Morgan fingerprint density at radius 3 is 2.37 bits per heavy atom. The van der Waals surface area contributed by atoms with Crippen LogP contribution in [0.25, 0.3) is 0 Å². The van der Waals surface area contributed by atoms with Crippen LogP contribution < -0.4 is 19.8 Å². The number of carbonyl (C=O) groups excluding carboxylic acids is 1. The Kier molecular flexibility index (Phi) is 6.84. The van der Waals surface area contributed by atoms with Crippen LogP contribution in [0.3, 0.4) is 0 Å². The normalized spacial score (nSPS) is 13.9. The molecule has 1 heterocycles. The lowest BCUT2D eigenvalue weighted by atomic mass is 10.1. The van der Waals surface area contributed by atoms with Crippen LogP contribution in [-0.4, -0.2) is 44.4 Å². The summed E-state index contributed by atoms with van der Waals surface area (Å²) in [6, 6.07) is 9.73. The summed E-state index contributed by atoms with van der Waals surface area (Å²) >= 11 is 0. The first-order chi connectivity index (χ1) is 14.5. The third kappa shape index (κ3) is 5.05. The highest BCUT2D eigenvalue weighted by Crippen LogP contribution is 2.31. The number of hydrogen-bond acceptors (Lipinski definition) is 7. The van der Waals surface area contributed by atoms with Crippen molar-refractivity contribution in [3.05, 3.63) is 57.6 Å². The largest absolute Gasteiger partial charge is 0.497 e. The third-order valence-electron chi connectivity index (χ3n) is 4.89. The molecule has 9 nitrogen and oxygen atoms in total. The molecule has 30 heavy (non-hydrogen) atoms. The number of nitrogens with one attached hydrogen (secondary N) is 1. The first-order valence-electron chi connectivity index (χ1n) is 9.61. The van der Waals surface area contributed by atoms with Gasteiger partial charge in [0.2, 0.25) is 0 Å². The number of nitro groups is 1. The van der Waals surface area contributed by atoms with Crippen LogP contribution in [0, 0.1) is 10.1 Å². The van der Waals surface area contributed by atoms with Crippen molar-refractivity contribution in [1.82, 2.24) is 5.43 Å². The van der Waals surface area contributed by atoms with Crippen LogP contribution in [0.1, 0.15) is 35.2 Å². The molecule has 0 saturated carbocycles. The lowest BCUT2D eigenvalue weighted by molar-refractivity contribution is -0.384. The molecular weight excluding hydrogens is 388 g/mol. The van der Waals surface area contributed by atoms with E-state index in [1.807, 2.05) is 4.90 Å². The maximum absolute atomic E-state index is 12.4. The second kappa shape index (κ2) is 9.73. The Labute approximate surface area is 174 Å². The topological polar surface area (TPSA) is 106 Å². The molecule has 1 aliphatic rings. The van der Waals surface area contributed by atoms with E-state index in [9.17, 15) is 14.9 Å². The van der Waals surface area contributed by atoms with E-state index >= 15 is 0 Å². The average molecular weight is 412 g/mol. The fraction of sp³-hybridized carbons (Fsp3) is 0.333. The summed E-state index contributed by atoms with van der Waals surface area (Å²) in [5.74, 6) is 0.502. The molecule has 0 atom stereocenters. The van der Waals surface area contributed by atoms with Gasteiger partial charge in [-0.15, -0.1) is 0 Å². The molecular formula is C21H24N4O5. The zero-order valence-electron chi connectivity index (χ0n) is 17.0. The molecule has 0 radical (unpaired) electrons. The van der Waals surface area contributed by atoms with Crippen molar-refractivity contribution >= 4 is 23.5 Å². The first kappa shape index (κ1) is 21.1. The van der Waals surface area contributed by atoms with Gasteiger partial charge in [-0.25, -0.2) is 5.43 Å². The molecule has 1 aliphatic heterocycles. The molecule has 2 aromatic carbocycles. The molecule has 2 aromatic rings. The molecule has 3 rings (SSSR count). The number of methoxy groups -OCH3 is 2. The summed E-state index contributed by atoms with van der Waals surface area (Å²) in [4.78, 5) is 25.6. The van der Waals surface area contributed by atoms with Crippen molar-refractivity contribution in [3.8, 4) is 11.5 Å². The van der Waals surface area contributed by atoms with Gasteiger partial charge >= 0.3 is 0 Å². The highest BCUT2D eigenvalue weighted by Gasteiger charge is 2.21. The second-order valence-electron chi connectivity index (χ2n) is 6.85. The predicted molar refractivity (Wildman–Crippen MR) is 114 cm³/mol. The van der Waals surface area contributed by atoms with Gasteiger partial charge in [0.1, 0.15) is 17.2 Å². The zero-order valence-corrected chi connectivity index (χ0v) is 17.0. The molecule has 1 amide bonds. The van der Waals surface area contributed by atoms with E-state index in [2.05, 4.69) is 10.5 Å². The predicted octanol–water partition coefficient (Wildman–Crippen LogP) is 3.37. The Morgan fingerprint density at radius 1 is 1.10 bits per heavy atom. The van der Waals surface area contributed by atoms with Crippen molar-refractivity contribution in [2.45, 2.75) is 19.3 Å². The number of hydrogen-bond donors (Lipinski definition) is 1. The summed E-state index contributed by atoms with van der Waals surface area (Å²) in [5.41, 5.74) is 3.90. The molecule has 1 fully saturated rings. The van der Waals surface area contributed by atoms with Crippen LogP contribution in [0.15, 0.2) is 41.5 Å². The molecule has 0 aromatic heterocycles. The van der Waals surface area contributed by atoms with Crippen LogP contribution in [0.2, 0.25) is 0 Å². The Bertz CT molecular complexity index is 932. The lowest BCUT2D eigenvalue weighted by Crippen LogP contribution is -2.29. The quantitative estimate of drug-likeness (QED) is 0.425. The maximum atomic E-state index is 12.4. The van der Waals surface area contributed by atoms with Crippen LogP contribution >= 0.6 is 0 Å². The number of carbonyl (C=O) groups is 1. The highest BCUT2D eigenvalue weighted by molar-refractivity contribution is 5.95. The number of benzene rings is 2. The highest BCUT2D eigenvalue weighted by atomic mass is 16.6. The smallest absolute Gasteiger partial charge is 0.293 e. The molecule has 158 valence electrons. The van der Waals surface area contributed by atoms with Crippen molar-refractivity contribution in [3.63, 3.8) is 0 Å². The summed E-state index contributed by atoms with van der Waals surface area (Å²) in [6.07, 6.45) is 4.58. The van der Waals surface area contributed by atoms with Crippen molar-refractivity contribution in [2.24, 2.45) is 5.10 Å². The van der Waals surface area contributed by atoms with Gasteiger partial charge in [-0.2, -0.15) is 5.10 Å². The van der Waals surface area contributed by atoms with Gasteiger partial charge in [0.15, 0.2) is 0 Å². The van der Waals surface area contributed by atoms with Crippen molar-refractivity contribution in [2.75, 3.05) is 32.2 Å². The van der Waals surface area contributed by atoms with E-state index in [1.165, 1.54) is 26.5 Å². The molecule has 1 N–H and O–H groups in total. The fourth-order valence-electron chi connectivity index (χ4n) is 3.34. The summed E-state index contributed by atoms with van der Waals surface area (Å²) in [6.45, 7) is 1.63. The van der Waals surface area contributed by atoms with Crippen LogP contribution in [-0.2, 0) is 0 Å². The summed E-state index contributed by atoms with van der Waals surface area (Å²) < 4.78 is 10.3. The number of ether oxygens (including phenoxy) is 2. The number of hydrazone groups is 1. The van der Waals surface area contributed by atoms with Crippen LogP contribution in [0.5, 0.6) is 11.5 Å². The molecule has 0 bridgehead atoms. The van der Waals surface area contributed by atoms with E-state index < -0.39 is 5.91 Å². The zero-order chi connectivity index (χ0) is 21.5. The van der Waals surface area contributed by atoms with E-state index in [0.717, 1.165) is 32.4 Å². The molecule has 0 aliphatic carbocycles. The lowest BCUT2D eigenvalue weighted by Gasteiger charge is -2.28. The molecule has 0 spiro atoms. The number of nitro benzene ring substituents is 1. The average Bonchev–Trinajstić information content (AvgIpc) is 2.79. The first-order valence-corrected chi connectivity index (χ1v) is 9.61. The minimum Gasteiger partial charge on any atom is -0.497 e. The number of anilines is 1. The van der Waals surface area contributed by atoms with Gasteiger partial charge in [0.05, 0.1) is 25.4 Å². The number of amides is 1. The van der Waals surface area contributed by atoms with E-state index in [-0.39, 0.29) is 10.6 Å². The van der Waals surface area contributed by atoms with Gasteiger partial charge in [-0.1, -0.05) is 6.07 Å². The number of rotatable bonds is 7. The van der Waals surface area contributed by atoms with E-state index in [4.69, 9.17) is 9.47 Å². The van der Waals surface area contributed by atoms with Gasteiger partial charge < -0.3 is 14.4 Å². The van der Waals surface area contributed by atoms with Gasteiger partial charge in [-0.3, -0.25) is 14.9 Å². The molecule has 0 unspecified atom stereocenters. The minimum absolute atomic E-state index is 0.0321.